The molecular formula is C10H8BrClN2. The number of benzene rings is 1. The zero-order chi connectivity index (χ0) is 10.3. The molecule has 2 N–H and O–H groups in total. The normalized spacial score (nSPS) is 10.8. The third-order valence-electron chi connectivity index (χ3n) is 2.22. The van der Waals surface area contributed by atoms with Gasteiger partial charge in [0.25, 0.3) is 0 Å². The van der Waals surface area contributed by atoms with Gasteiger partial charge in [0.1, 0.15) is 5.15 Å². The molecule has 2 rings (SSSR count). The van der Waals surface area contributed by atoms with Crippen molar-refractivity contribution in [3.8, 4) is 0 Å². The maximum absolute atomic E-state index is 5.88. The van der Waals surface area contributed by atoms with Crippen LogP contribution < -0.4 is 5.73 Å². The Morgan fingerprint density at radius 2 is 2.14 bits per heavy atom. The highest BCUT2D eigenvalue weighted by atomic mass is 79.9. The fraction of sp³-hybridized carbons (Fsp3) is 0.100. The number of hydrogen-bond acceptors (Lipinski definition) is 2. The third kappa shape index (κ3) is 1.47. The van der Waals surface area contributed by atoms with Crippen molar-refractivity contribution in [1.82, 2.24) is 4.98 Å². The predicted molar refractivity (Wildman–Crippen MR) is 63.6 cm³/mol. The van der Waals surface area contributed by atoms with Gasteiger partial charge in [-0.25, -0.2) is 4.98 Å². The Morgan fingerprint density at radius 1 is 1.43 bits per heavy atom. The number of fused-ring (bicyclic) bond motifs is 1. The van der Waals surface area contributed by atoms with Crippen LogP contribution >= 0.6 is 27.5 Å². The van der Waals surface area contributed by atoms with Crippen molar-refractivity contribution in [2.75, 3.05) is 5.73 Å². The topological polar surface area (TPSA) is 38.9 Å². The fourth-order valence-corrected chi connectivity index (χ4v) is 2.07. The minimum absolute atomic E-state index is 0.494. The smallest absolute Gasteiger partial charge is 0.129 e. The van der Waals surface area contributed by atoms with E-state index in [9.17, 15) is 0 Å². The highest BCUT2D eigenvalue weighted by molar-refractivity contribution is 9.10. The SMILES string of the molecule is Cc1c(N)c(Br)cc2nc(Cl)ccc12. The van der Waals surface area contributed by atoms with Gasteiger partial charge in [0, 0.05) is 15.5 Å². The Kier molecular flexibility index (Phi) is 2.37. The summed E-state index contributed by atoms with van der Waals surface area (Å²) in [5.41, 5.74) is 8.51. The van der Waals surface area contributed by atoms with Gasteiger partial charge in [-0.15, -0.1) is 0 Å². The van der Waals surface area contributed by atoms with Crippen molar-refractivity contribution in [3.63, 3.8) is 0 Å². The van der Waals surface area contributed by atoms with E-state index in [-0.39, 0.29) is 0 Å². The number of pyridine rings is 1. The molecule has 0 amide bonds. The maximum atomic E-state index is 5.88. The Hall–Kier alpha value is -0.800. The Bertz CT molecular complexity index is 511. The molecule has 72 valence electrons. The molecule has 2 aromatic rings. The van der Waals surface area contributed by atoms with E-state index in [1.165, 1.54) is 0 Å². The van der Waals surface area contributed by atoms with Gasteiger partial charge in [0.15, 0.2) is 0 Å². The molecule has 0 bridgehead atoms. The zero-order valence-corrected chi connectivity index (χ0v) is 9.85. The number of rotatable bonds is 0. The quantitative estimate of drug-likeness (QED) is 0.588. The summed E-state index contributed by atoms with van der Waals surface area (Å²) in [5, 5.41) is 1.53. The third-order valence-corrected chi connectivity index (χ3v) is 3.09. The molecular weight excluding hydrogens is 263 g/mol. The summed E-state index contributed by atoms with van der Waals surface area (Å²) in [5.74, 6) is 0. The molecule has 0 unspecified atom stereocenters. The molecule has 4 heteroatoms. The van der Waals surface area contributed by atoms with Gasteiger partial charge in [-0.2, -0.15) is 0 Å². The molecule has 0 radical (unpaired) electrons. The van der Waals surface area contributed by atoms with E-state index >= 15 is 0 Å². The van der Waals surface area contributed by atoms with Gasteiger partial charge in [-0.1, -0.05) is 11.6 Å². The number of aryl methyl sites for hydroxylation is 1. The number of nitrogens with zero attached hydrogens (tertiary/aromatic N) is 1. The standard InChI is InChI=1S/C10H8BrClN2/c1-5-6-2-3-9(12)14-8(6)4-7(11)10(5)13/h2-4H,13H2,1H3. The summed E-state index contributed by atoms with van der Waals surface area (Å²) in [6.45, 7) is 1.97. The van der Waals surface area contributed by atoms with Crippen LogP contribution in [-0.4, -0.2) is 4.98 Å². The van der Waals surface area contributed by atoms with E-state index < -0.39 is 0 Å². The lowest BCUT2D eigenvalue weighted by molar-refractivity contribution is 1.38. The average molecular weight is 272 g/mol. The van der Waals surface area contributed by atoms with Crippen molar-refractivity contribution in [2.45, 2.75) is 6.92 Å². The lowest BCUT2D eigenvalue weighted by Crippen LogP contribution is -1.93. The van der Waals surface area contributed by atoms with Crippen LogP contribution in [0.15, 0.2) is 22.7 Å². The average Bonchev–Trinajstić information content (AvgIpc) is 2.14. The Morgan fingerprint density at radius 3 is 2.86 bits per heavy atom. The lowest BCUT2D eigenvalue weighted by Gasteiger charge is -2.07. The first-order valence-corrected chi connectivity index (χ1v) is 5.27. The molecule has 1 heterocycles. The van der Waals surface area contributed by atoms with Gasteiger partial charge in [-0.3, -0.25) is 0 Å². The maximum Gasteiger partial charge on any atom is 0.129 e. The summed E-state index contributed by atoms with van der Waals surface area (Å²) in [4.78, 5) is 4.22. The molecule has 0 saturated heterocycles. The molecule has 0 spiro atoms. The van der Waals surface area contributed by atoms with Gasteiger partial charge >= 0.3 is 0 Å². The number of aromatic nitrogens is 1. The lowest BCUT2D eigenvalue weighted by atomic mass is 10.1. The van der Waals surface area contributed by atoms with Crippen LogP contribution in [0, 0.1) is 6.92 Å². The summed E-state index contributed by atoms with van der Waals surface area (Å²) >= 11 is 9.19. The van der Waals surface area contributed by atoms with Gasteiger partial charge in [-0.05, 0) is 46.6 Å². The van der Waals surface area contributed by atoms with Crippen LogP contribution in [0.5, 0.6) is 0 Å². The number of hydrogen-bond donors (Lipinski definition) is 1. The van der Waals surface area contributed by atoms with Gasteiger partial charge in [0.2, 0.25) is 0 Å². The second-order valence-electron chi connectivity index (χ2n) is 3.10. The van der Waals surface area contributed by atoms with Crippen LogP contribution in [-0.2, 0) is 0 Å². The Balaban J connectivity index is 2.91. The van der Waals surface area contributed by atoms with Crippen LogP contribution in [0.3, 0.4) is 0 Å². The summed E-state index contributed by atoms with van der Waals surface area (Å²) in [6.07, 6.45) is 0. The molecule has 0 fully saturated rings. The summed E-state index contributed by atoms with van der Waals surface area (Å²) in [7, 11) is 0. The molecule has 1 aromatic heterocycles. The number of halogens is 2. The van der Waals surface area contributed by atoms with Gasteiger partial charge in [0.05, 0.1) is 5.52 Å². The van der Waals surface area contributed by atoms with E-state index in [2.05, 4.69) is 20.9 Å². The van der Waals surface area contributed by atoms with Crippen LogP contribution in [0.2, 0.25) is 5.15 Å². The molecule has 0 aliphatic carbocycles. The molecule has 1 aromatic carbocycles. The minimum Gasteiger partial charge on any atom is -0.398 e. The predicted octanol–water partition coefficient (Wildman–Crippen LogP) is 3.54. The monoisotopic (exact) mass is 270 g/mol. The van der Waals surface area contributed by atoms with E-state index in [0.717, 1.165) is 26.6 Å². The highest BCUT2D eigenvalue weighted by Gasteiger charge is 2.06. The van der Waals surface area contributed by atoms with Crippen LogP contribution in [0.4, 0.5) is 5.69 Å². The first-order chi connectivity index (χ1) is 6.59. The van der Waals surface area contributed by atoms with Crippen molar-refractivity contribution < 1.29 is 0 Å². The summed E-state index contributed by atoms with van der Waals surface area (Å²) in [6, 6.07) is 5.58. The van der Waals surface area contributed by atoms with Crippen molar-refractivity contribution in [3.05, 3.63) is 33.4 Å². The first kappa shape index (κ1) is 9.74. The largest absolute Gasteiger partial charge is 0.398 e. The van der Waals surface area contributed by atoms with Crippen LogP contribution in [0.1, 0.15) is 5.56 Å². The van der Waals surface area contributed by atoms with Crippen molar-refractivity contribution in [2.24, 2.45) is 0 Å². The van der Waals surface area contributed by atoms with Crippen molar-refractivity contribution in [1.29, 1.82) is 0 Å². The minimum atomic E-state index is 0.494. The van der Waals surface area contributed by atoms with E-state index in [1.807, 2.05) is 19.1 Å². The second kappa shape index (κ2) is 3.41. The van der Waals surface area contributed by atoms with E-state index in [0.29, 0.717) is 5.15 Å². The van der Waals surface area contributed by atoms with E-state index in [1.54, 1.807) is 6.07 Å². The zero-order valence-electron chi connectivity index (χ0n) is 7.51. The molecule has 0 atom stereocenters. The second-order valence-corrected chi connectivity index (χ2v) is 4.34. The fourth-order valence-electron chi connectivity index (χ4n) is 1.40. The molecule has 14 heavy (non-hydrogen) atoms. The first-order valence-electron chi connectivity index (χ1n) is 4.10. The number of anilines is 1. The molecule has 0 aliphatic heterocycles. The van der Waals surface area contributed by atoms with Crippen LogP contribution in [0.25, 0.3) is 10.9 Å². The molecule has 0 saturated carbocycles. The Labute approximate surface area is 95.2 Å². The van der Waals surface area contributed by atoms with Crippen molar-refractivity contribution >= 4 is 44.1 Å². The van der Waals surface area contributed by atoms with Gasteiger partial charge < -0.3 is 5.73 Å². The summed E-state index contributed by atoms with van der Waals surface area (Å²) < 4.78 is 0.859. The molecule has 2 nitrogen and oxygen atoms in total. The highest BCUT2D eigenvalue weighted by Crippen LogP contribution is 2.30. The number of nitrogen functional groups attached to an aromatic ring is 1. The molecule has 0 aliphatic rings. The van der Waals surface area contributed by atoms with E-state index in [4.69, 9.17) is 17.3 Å². The number of nitrogens with two attached hydrogens (primary N) is 1.